The number of nitrogens with one attached hydrogen (secondary N) is 1. The quantitative estimate of drug-likeness (QED) is 0.644. The smallest absolute Gasteiger partial charge is 0.273 e. The normalized spacial score (nSPS) is 16.2. The highest BCUT2D eigenvalue weighted by Crippen LogP contribution is 2.31. The van der Waals surface area contributed by atoms with Crippen LogP contribution in [0, 0.1) is 17.0 Å². The van der Waals surface area contributed by atoms with Gasteiger partial charge in [-0.15, -0.1) is 0 Å². The number of amides is 2. The summed E-state index contributed by atoms with van der Waals surface area (Å²) in [6.07, 6.45) is 5.16. The summed E-state index contributed by atoms with van der Waals surface area (Å²) in [6.45, 7) is 2.09. The number of nitrogens with zero attached hydrogens (tertiary/aromatic N) is 3. The molecule has 0 aliphatic carbocycles. The van der Waals surface area contributed by atoms with Crippen LogP contribution >= 0.6 is 0 Å². The van der Waals surface area contributed by atoms with Gasteiger partial charge in [0.2, 0.25) is 5.91 Å². The molecule has 1 aromatic heterocycles. The lowest BCUT2D eigenvalue weighted by Gasteiger charge is -2.25. The lowest BCUT2D eigenvalue weighted by molar-refractivity contribution is -0.385. The molecule has 0 radical (unpaired) electrons. The number of benzene rings is 1. The van der Waals surface area contributed by atoms with Crippen LogP contribution in [0.3, 0.4) is 0 Å². The predicted octanol–water partition coefficient (Wildman–Crippen LogP) is 2.39. The molecule has 1 aliphatic heterocycles. The number of aromatic nitrogens is 1. The van der Waals surface area contributed by atoms with Crippen LogP contribution < -0.4 is 5.32 Å². The maximum atomic E-state index is 12.6. The van der Waals surface area contributed by atoms with E-state index in [1.165, 1.54) is 18.2 Å². The van der Waals surface area contributed by atoms with Crippen molar-refractivity contribution in [1.29, 1.82) is 0 Å². The van der Waals surface area contributed by atoms with E-state index in [1.54, 1.807) is 24.2 Å². The van der Waals surface area contributed by atoms with E-state index in [1.807, 2.05) is 12.1 Å². The number of carbonyl (C=O) groups is 2. The fraction of sp³-hybridized carbons (Fsp3) is 0.316. The van der Waals surface area contributed by atoms with Gasteiger partial charge in [0.15, 0.2) is 0 Å². The highest BCUT2D eigenvalue weighted by molar-refractivity contribution is 5.97. The molecule has 8 nitrogen and oxygen atoms in total. The minimum absolute atomic E-state index is 0.0159. The molecule has 27 heavy (non-hydrogen) atoms. The van der Waals surface area contributed by atoms with Gasteiger partial charge in [-0.1, -0.05) is 6.07 Å². The molecule has 1 unspecified atom stereocenters. The van der Waals surface area contributed by atoms with E-state index >= 15 is 0 Å². The second-order valence-electron chi connectivity index (χ2n) is 6.47. The van der Waals surface area contributed by atoms with Crippen molar-refractivity contribution < 1.29 is 14.5 Å². The Morgan fingerprint density at radius 2 is 2.04 bits per heavy atom. The summed E-state index contributed by atoms with van der Waals surface area (Å²) in [6, 6.07) is 8.02. The zero-order valence-corrected chi connectivity index (χ0v) is 14.9. The molecule has 2 heterocycles. The summed E-state index contributed by atoms with van der Waals surface area (Å²) in [4.78, 5) is 41.1. The summed E-state index contributed by atoms with van der Waals surface area (Å²) in [5.74, 6) is -0.685. The fourth-order valence-electron chi connectivity index (χ4n) is 3.30. The lowest BCUT2D eigenvalue weighted by Crippen LogP contribution is -2.39. The molecule has 1 aromatic carbocycles. The number of hydrogen-bond acceptors (Lipinski definition) is 5. The van der Waals surface area contributed by atoms with Crippen molar-refractivity contribution in [2.45, 2.75) is 25.8 Å². The maximum absolute atomic E-state index is 12.6. The van der Waals surface area contributed by atoms with Crippen LogP contribution in [-0.4, -0.2) is 39.7 Å². The SMILES string of the molecule is Cc1ccc(C(=O)NCC(=O)N2CCCC2c2ccncc2)cc1[N+](=O)[O-]. The van der Waals surface area contributed by atoms with Gasteiger partial charge in [0.25, 0.3) is 11.6 Å². The summed E-state index contributed by atoms with van der Waals surface area (Å²) in [5, 5.41) is 13.6. The fourth-order valence-corrected chi connectivity index (χ4v) is 3.30. The Morgan fingerprint density at radius 3 is 2.74 bits per heavy atom. The first-order valence-electron chi connectivity index (χ1n) is 8.70. The second kappa shape index (κ2) is 7.94. The van der Waals surface area contributed by atoms with Gasteiger partial charge in [-0.25, -0.2) is 0 Å². The van der Waals surface area contributed by atoms with E-state index in [0.29, 0.717) is 12.1 Å². The number of aryl methyl sites for hydroxylation is 1. The third-order valence-electron chi connectivity index (χ3n) is 4.73. The lowest BCUT2D eigenvalue weighted by atomic mass is 10.1. The molecule has 140 valence electrons. The number of carbonyl (C=O) groups excluding carboxylic acids is 2. The monoisotopic (exact) mass is 368 g/mol. The van der Waals surface area contributed by atoms with E-state index in [-0.39, 0.29) is 29.7 Å². The van der Waals surface area contributed by atoms with Crippen LogP contribution in [0.15, 0.2) is 42.7 Å². The molecule has 1 aliphatic rings. The second-order valence-corrected chi connectivity index (χ2v) is 6.47. The van der Waals surface area contributed by atoms with Crippen molar-refractivity contribution in [3.63, 3.8) is 0 Å². The molecule has 3 rings (SSSR count). The van der Waals surface area contributed by atoms with Gasteiger partial charge in [0.05, 0.1) is 17.5 Å². The van der Waals surface area contributed by atoms with Crippen LogP contribution in [0.2, 0.25) is 0 Å². The van der Waals surface area contributed by atoms with Crippen molar-refractivity contribution in [3.05, 3.63) is 69.5 Å². The van der Waals surface area contributed by atoms with Crippen molar-refractivity contribution in [2.75, 3.05) is 13.1 Å². The Hall–Kier alpha value is -3.29. The summed E-state index contributed by atoms with van der Waals surface area (Å²) < 4.78 is 0. The van der Waals surface area contributed by atoms with E-state index in [9.17, 15) is 19.7 Å². The number of nitro groups is 1. The molecule has 1 saturated heterocycles. The zero-order chi connectivity index (χ0) is 19.4. The first-order chi connectivity index (χ1) is 13.0. The molecule has 0 bridgehead atoms. The average molecular weight is 368 g/mol. The molecule has 1 fully saturated rings. The van der Waals surface area contributed by atoms with Crippen molar-refractivity contribution in [1.82, 2.24) is 15.2 Å². The minimum atomic E-state index is -0.527. The Balaban J connectivity index is 1.64. The van der Waals surface area contributed by atoms with Crippen LogP contribution in [0.5, 0.6) is 0 Å². The van der Waals surface area contributed by atoms with Gasteiger partial charge < -0.3 is 10.2 Å². The molecule has 2 aromatic rings. The molecule has 1 atom stereocenters. The van der Waals surface area contributed by atoms with Crippen LogP contribution in [0.25, 0.3) is 0 Å². The van der Waals surface area contributed by atoms with Crippen LogP contribution in [0.4, 0.5) is 5.69 Å². The van der Waals surface area contributed by atoms with Gasteiger partial charge in [0.1, 0.15) is 0 Å². The highest BCUT2D eigenvalue weighted by atomic mass is 16.6. The molecule has 2 amide bonds. The average Bonchev–Trinajstić information content (AvgIpc) is 3.16. The maximum Gasteiger partial charge on any atom is 0.273 e. The van der Waals surface area contributed by atoms with Gasteiger partial charge >= 0.3 is 0 Å². The van der Waals surface area contributed by atoms with Crippen molar-refractivity contribution in [3.8, 4) is 0 Å². The van der Waals surface area contributed by atoms with Gasteiger partial charge in [0, 0.05) is 36.1 Å². The third-order valence-corrected chi connectivity index (χ3v) is 4.73. The third kappa shape index (κ3) is 4.11. The Morgan fingerprint density at radius 1 is 1.30 bits per heavy atom. The first kappa shape index (κ1) is 18.5. The minimum Gasteiger partial charge on any atom is -0.343 e. The summed E-state index contributed by atoms with van der Waals surface area (Å²) >= 11 is 0. The molecule has 8 heteroatoms. The van der Waals surface area contributed by atoms with Gasteiger partial charge in [-0.2, -0.15) is 0 Å². The van der Waals surface area contributed by atoms with Crippen LogP contribution in [0.1, 0.15) is 40.4 Å². The first-order valence-corrected chi connectivity index (χ1v) is 8.70. The van der Waals surface area contributed by atoms with E-state index in [4.69, 9.17) is 0 Å². The van der Waals surface area contributed by atoms with E-state index in [2.05, 4.69) is 10.3 Å². The van der Waals surface area contributed by atoms with Crippen LogP contribution in [-0.2, 0) is 4.79 Å². The Labute approximate surface area is 156 Å². The summed E-state index contributed by atoms with van der Waals surface area (Å²) in [7, 11) is 0. The molecular weight excluding hydrogens is 348 g/mol. The highest BCUT2D eigenvalue weighted by Gasteiger charge is 2.30. The molecular formula is C19H20N4O4. The number of nitro benzene ring substituents is 1. The predicted molar refractivity (Wildman–Crippen MR) is 98.1 cm³/mol. The van der Waals surface area contributed by atoms with Crippen molar-refractivity contribution in [2.24, 2.45) is 0 Å². The number of rotatable bonds is 5. The number of hydrogen-bond donors (Lipinski definition) is 1. The van der Waals surface area contributed by atoms with Gasteiger partial charge in [-0.05, 0) is 43.5 Å². The van der Waals surface area contributed by atoms with Crippen molar-refractivity contribution >= 4 is 17.5 Å². The Kier molecular flexibility index (Phi) is 5.44. The number of likely N-dealkylation sites (tertiary alicyclic amines) is 1. The topological polar surface area (TPSA) is 105 Å². The molecule has 1 N–H and O–H groups in total. The molecule has 0 spiro atoms. The number of pyridine rings is 1. The largest absolute Gasteiger partial charge is 0.343 e. The Bertz CT molecular complexity index is 869. The van der Waals surface area contributed by atoms with Gasteiger partial charge in [-0.3, -0.25) is 24.7 Å². The molecule has 0 saturated carbocycles. The van der Waals surface area contributed by atoms with E-state index in [0.717, 1.165) is 18.4 Å². The van der Waals surface area contributed by atoms with E-state index < -0.39 is 10.8 Å². The summed E-state index contributed by atoms with van der Waals surface area (Å²) in [5.41, 5.74) is 1.54. The zero-order valence-electron chi connectivity index (χ0n) is 14.9. The standard InChI is InChI=1S/C19H20N4O4/c1-13-4-5-15(11-17(13)23(26)27)19(25)21-12-18(24)22-10-2-3-16(22)14-6-8-20-9-7-14/h4-9,11,16H,2-3,10,12H2,1H3,(H,21,25).